The Morgan fingerprint density at radius 3 is 2.50 bits per heavy atom. The van der Waals surface area contributed by atoms with Crippen molar-refractivity contribution in [3.63, 3.8) is 0 Å². The second-order valence-corrected chi connectivity index (χ2v) is 6.61. The van der Waals surface area contributed by atoms with Crippen LogP contribution in [0.15, 0.2) is 30.5 Å². The van der Waals surface area contributed by atoms with Crippen LogP contribution in [0.4, 0.5) is 4.79 Å². The highest BCUT2D eigenvalue weighted by Crippen LogP contribution is 2.28. The highest BCUT2D eigenvalue weighted by Gasteiger charge is 2.32. The third-order valence-corrected chi connectivity index (χ3v) is 3.48. The number of hydrogen-bond acceptors (Lipinski definition) is 3. The minimum atomic E-state index is -1.15. The molecule has 1 N–H and O–H groups in total. The van der Waals surface area contributed by atoms with Gasteiger partial charge in [-0.15, -0.1) is 0 Å². The lowest BCUT2D eigenvalue weighted by atomic mass is 9.91. The van der Waals surface area contributed by atoms with Crippen LogP contribution in [0.25, 0.3) is 10.9 Å². The number of aromatic nitrogens is 1. The maximum absolute atomic E-state index is 12.1. The van der Waals surface area contributed by atoms with Gasteiger partial charge in [-0.05, 0) is 45.4 Å². The van der Waals surface area contributed by atoms with Crippen molar-refractivity contribution in [2.45, 2.75) is 38.8 Å². The van der Waals surface area contributed by atoms with Crippen LogP contribution < -0.4 is 5.32 Å². The van der Waals surface area contributed by atoms with Gasteiger partial charge >= 0.3 is 6.09 Å². The molecule has 5 nitrogen and oxygen atoms in total. The summed E-state index contributed by atoms with van der Waals surface area (Å²) in [7, 11) is 1.94. The Morgan fingerprint density at radius 2 is 1.91 bits per heavy atom. The van der Waals surface area contributed by atoms with Crippen molar-refractivity contribution < 1.29 is 14.3 Å². The molecular weight excluding hydrogens is 280 g/mol. The molecule has 1 aromatic carbocycles. The first-order valence-corrected chi connectivity index (χ1v) is 7.18. The number of benzene rings is 1. The van der Waals surface area contributed by atoms with Crippen LogP contribution in [-0.4, -0.2) is 22.5 Å². The zero-order chi connectivity index (χ0) is 16.5. The van der Waals surface area contributed by atoms with E-state index >= 15 is 0 Å². The molecule has 5 heteroatoms. The van der Waals surface area contributed by atoms with Crippen LogP contribution in [0.2, 0.25) is 0 Å². The molecule has 0 aliphatic heterocycles. The number of ether oxygens (including phenoxy) is 1. The molecule has 1 amide bonds. The summed E-state index contributed by atoms with van der Waals surface area (Å²) in [5.41, 5.74) is -0.0291. The molecule has 0 spiro atoms. The average molecular weight is 302 g/mol. The fraction of sp³-hybridized carbons (Fsp3) is 0.412. The number of carbonyl (C=O) groups excluding carboxylic acids is 2. The van der Waals surface area contributed by atoms with Crippen LogP contribution in [0, 0.1) is 0 Å². The van der Waals surface area contributed by atoms with Crippen molar-refractivity contribution in [1.29, 1.82) is 0 Å². The molecule has 1 atom stereocenters. The normalized spacial score (nSPS) is 14.4. The number of hydrogen-bond donors (Lipinski definition) is 1. The summed E-state index contributed by atoms with van der Waals surface area (Å²) < 4.78 is 7.23. The highest BCUT2D eigenvalue weighted by molar-refractivity contribution is 5.90. The zero-order valence-corrected chi connectivity index (χ0v) is 13.6. The Balaban J connectivity index is 2.40. The van der Waals surface area contributed by atoms with Gasteiger partial charge in [0.05, 0.1) is 0 Å². The number of fused-ring (bicyclic) bond motifs is 1. The number of aryl methyl sites for hydroxylation is 1. The van der Waals surface area contributed by atoms with E-state index in [1.807, 2.05) is 42.1 Å². The number of alkyl carbamates (subject to hydrolysis) is 1. The minimum Gasteiger partial charge on any atom is -0.444 e. The van der Waals surface area contributed by atoms with Crippen LogP contribution in [0.5, 0.6) is 0 Å². The predicted octanol–water partition coefficient (Wildman–Crippen LogP) is 3.12. The molecule has 0 bridgehead atoms. The highest BCUT2D eigenvalue weighted by atomic mass is 16.6. The molecule has 2 aromatic rings. The van der Waals surface area contributed by atoms with Gasteiger partial charge in [0.15, 0.2) is 0 Å². The SMILES string of the molecule is Cn1ccc2c(C(C)(C=O)NC(=O)OC(C)(C)C)cccc21. The molecule has 0 aliphatic rings. The first kappa shape index (κ1) is 16.1. The van der Waals surface area contributed by atoms with Gasteiger partial charge in [0, 0.05) is 24.1 Å². The van der Waals surface area contributed by atoms with E-state index in [2.05, 4.69) is 5.32 Å². The number of carbonyl (C=O) groups is 2. The van der Waals surface area contributed by atoms with Crippen LogP contribution >= 0.6 is 0 Å². The van der Waals surface area contributed by atoms with Gasteiger partial charge in [-0.25, -0.2) is 4.79 Å². The number of nitrogens with zero attached hydrogens (tertiary/aromatic N) is 1. The Labute approximate surface area is 130 Å². The largest absolute Gasteiger partial charge is 0.444 e. The topological polar surface area (TPSA) is 60.3 Å². The van der Waals surface area contributed by atoms with Crippen LogP contribution in [-0.2, 0) is 22.1 Å². The van der Waals surface area contributed by atoms with E-state index in [1.54, 1.807) is 27.7 Å². The molecule has 0 fully saturated rings. The summed E-state index contributed by atoms with van der Waals surface area (Å²) in [6.07, 6.45) is 2.04. The summed E-state index contributed by atoms with van der Waals surface area (Å²) in [6.45, 7) is 7.01. The van der Waals surface area contributed by atoms with E-state index in [4.69, 9.17) is 4.74 Å². The van der Waals surface area contributed by atoms with E-state index in [0.29, 0.717) is 0 Å². The van der Waals surface area contributed by atoms with Gasteiger partial charge in [-0.1, -0.05) is 12.1 Å². The molecule has 0 saturated heterocycles. The molecule has 0 radical (unpaired) electrons. The van der Waals surface area contributed by atoms with Crippen molar-refractivity contribution in [1.82, 2.24) is 9.88 Å². The summed E-state index contributed by atoms with van der Waals surface area (Å²) in [5.74, 6) is 0. The third kappa shape index (κ3) is 3.13. The van der Waals surface area contributed by atoms with E-state index in [-0.39, 0.29) is 0 Å². The van der Waals surface area contributed by atoms with E-state index in [9.17, 15) is 9.59 Å². The number of rotatable bonds is 3. The Morgan fingerprint density at radius 1 is 1.23 bits per heavy atom. The first-order chi connectivity index (χ1) is 10.2. The quantitative estimate of drug-likeness (QED) is 0.886. The van der Waals surface area contributed by atoms with Crippen molar-refractivity contribution in [2.24, 2.45) is 7.05 Å². The van der Waals surface area contributed by atoms with Gasteiger partial charge in [0.25, 0.3) is 0 Å². The number of aldehydes is 1. The lowest BCUT2D eigenvalue weighted by Crippen LogP contribution is -2.47. The van der Waals surface area contributed by atoms with Gasteiger partial charge in [-0.3, -0.25) is 0 Å². The molecular formula is C17H22N2O3. The van der Waals surface area contributed by atoms with Crippen LogP contribution in [0.3, 0.4) is 0 Å². The Bertz CT molecular complexity index is 712. The van der Waals surface area contributed by atoms with E-state index in [1.165, 1.54) is 0 Å². The molecule has 2 rings (SSSR count). The van der Waals surface area contributed by atoms with Crippen molar-refractivity contribution in [2.75, 3.05) is 0 Å². The van der Waals surface area contributed by atoms with Gasteiger partial charge < -0.3 is 19.4 Å². The molecule has 0 aliphatic carbocycles. The average Bonchev–Trinajstić information content (AvgIpc) is 2.78. The standard InChI is InChI=1S/C17H22N2O3/c1-16(2,3)22-15(21)18-17(4,11-20)13-7-6-8-14-12(13)9-10-19(14)5/h6-11H,1-5H3,(H,18,21). The number of nitrogens with one attached hydrogen (secondary N) is 1. The second kappa shape index (κ2) is 5.48. The number of amides is 1. The van der Waals surface area contributed by atoms with Crippen molar-refractivity contribution in [3.05, 3.63) is 36.0 Å². The van der Waals surface area contributed by atoms with Crippen molar-refractivity contribution in [3.8, 4) is 0 Å². The summed E-state index contributed by atoms with van der Waals surface area (Å²) in [5, 5.41) is 3.61. The van der Waals surface area contributed by atoms with Gasteiger partial charge in [0.1, 0.15) is 17.4 Å². The minimum absolute atomic E-state index is 0.616. The Kier molecular flexibility index (Phi) is 4.00. The first-order valence-electron chi connectivity index (χ1n) is 7.18. The van der Waals surface area contributed by atoms with Gasteiger partial charge in [0.2, 0.25) is 0 Å². The van der Waals surface area contributed by atoms with E-state index < -0.39 is 17.2 Å². The zero-order valence-electron chi connectivity index (χ0n) is 13.6. The summed E-state index contributed by atoms with van der Waals surface area (Å²) >= 11 is 0. The fourth-order valence-corrected chi connectivity index (χ4v) is 2.43. The van der Waals surface area contributed by atoms with Gasteiger partial charge in [-0.2, -0.15) is 0 Å². The van der Waals surface area contributed by atoms with Crippen LogP contribution in [0.1, 0.15) is 33.3 Å². The molecule has 22 heavy (non-hydrogen) atoms. The summed E-state index contributed by atoms with van der Waals surface area (Å²) in [4.78, 5) is 23.8. The smallest absolute Gasteiger partial charge is 0.408 e. The summed E-state index contributed by atoms with van der Waals surface area (Å²) in [6, 6.07) is 7.62. The predicted molar refractivity (Wildman–Crippen MR) is 85.7 cm³/mol. The molecule has 118 valence electrons. The molecule has 1 aromatic heterocycles. The second-order valence-electron chi connectivity index (χ2n) is 6.61. The Hall–Kier alpha value is -2.30. The molecule has 0 saturated carbocycles. The molecule has 1 heterocycles. The maximum Gasteiger partial charge on any atom is 0.408 e. The lowest BCUT2D eigenvalue weighted by Gasteiger charge is -2.28. The monoisotopic (exact) mass is 302 g/mol. The lowest BCUT2D eigenvalue weighted by molar-refractivity contribution is -0.113. The maximum atomic E-state index is 12.1. The van der Waals surface area contributed by atoms with E-state index in [0.717, 1.165) is 22.8 Å². The fourth-order valence-electron chi connectivity index (χ4n) is 2.43. The van der Waals surface area contributed by atoms with Crippen molar-refractivity contribution >= 4 is 23.3 Å². The molecule has 1 unspecified atom stereocenters. The third-order valence-electron chi connectivity index (χ3n) is 3.48.